The van der Waals surface area contributed by atoms with Crippen LogP contribution in [0.2, 0.25) is 18.1 Å². The van der Waals surface area contributed by atoms with Gasteiger partial charge in [-0.2, -0.15) is 0 Å². The Labute approximate surface area is 197 Å². The summed E-state index contributed by atoms with van der Waals surface area (Å²) in [6.07, 6.45) is 14.2. The highest BCUT2D eigenvalue weighted by Crippen LogP contribution is 2.66. The summed E-state index contributed by atoms with van der Waals surface area (Å²) < 4.78 is 20.5. The van der Waals surface area contributed by atoms with Gasteiger partial charge in [0, 0.05) is 11.8 Å². The van der Waals surface area contributed by atoms with Crippen LogP contribution in [0.1, 0.15) is 80.6 Å². The summed E-state index contributed by atoms with van der Waals surface area (Å²) in [6, 6.07) is 0. The van der Waals surface area contributed by atoms with Crippen LogP contribution in [0.5, 0.6) is 0 Å². The van der Waals surface area contributed by atoms with Crippen LogP contribution in [0.3, 0.4) is 0 Å². The molecule has 3 nitrogen and oxygen atoms in total. The van der Waals surface area contributed by atoms with E-state index in [1.165, 1.54) is 25.7 Å². The molecule has 5 rings (SSSR count). The van der Waals surface area contributed by atoms with Crippen LogP contribution in [0.15, 0.2) is 23.8 Å². The minimum Gasteiger partial charge on any atom is -0.413 e. The molecule has 1 aliphatic heterocycles. The van der Waals surface area contributed by atoms with Gasteiger partial charge in [0.25, 0.3) is 0 Å². The third-order valence-corrected chi connectivity index (χ3v) is 15.0. The average molecular weight is 459 g/mol. The average Bonchev–Trinajstić information content (AvgIpc) is 3.16. The maximum atomic E-state index is 7.13. The second-order valence-corrected chi connectivity index (χ2v) is 18.7. The number of hydrogen-bond acceptors (Lipinski definition) is 3. The Balaban J connectivity index is 1.54. The highest BCUT2D eigenvalue weighted by Gasteiger charge is 2.65. The fourth-order valence-corrected chi connectivity index (χ4v) is 9.17. The molecule has 1 heterocycles. The van der Waals surface area contributed by atoms with Crippen LogP contribution < -0.4 is 0 Å². The number of allylic oxidation sites excluding steroid dienone is 2. The molecule has 8 atom stereocenters. The zero-order chi connectivity index (χ0) is 23.3. The number of ether oxygens (including phenoxy) is 2. The lowest BCUT2D eigenvalue weighted by atomic mass is 9.49. The number of fused-ring (bicyclic) bond motifs is 8. The van der Waals surface area contributed by atoms with E-state index in [0.29, 0.717) is 23.9 Å². The summed E-state index contributed by atoms with van der Waals surface area (Å²) in [6.45, 7) is 21.2. The van der Waals surface area contributed by atoms with E-state index in [9.17, 15) is 0 Å². The summed E-state index contributed by atoms with van der Waals surface area (Å²) in [5.74, 6) is 1.00. The van der Waals surface area contributed by atoms with Gasteiger partial charge in [-0.05, 0) is 80.8 Å². The molecule has 3 fully saturated rings. The standard InChI is InChI=1S/C28H46O3Si/c1-25(2,3)32(8,9)31-21-14-13-18-22-19(15-17-28(18,21)7)27(6)16-11-10-12-20(27)23-24(22)30-26(4,5)29-23/h10,12,15,18,20-24H,11,13-14,16-17H2,1-9H3/t18?,20?,21?,22?,23?,24?,27-,28+/m1/s1. The lowest BCUT2D eigenvalue weighted by Gasteiger charge is -2.58. The first-order valence-corrected chi connectivity index (χ1v) is 16.0. The Hall–Kier alpha value is -0.423. The second kappa shape index (κ2) is 7.05. The van der Waals surface area contributed by atoms with Crippen molar-refractivity contribution < 1.29 is 13.9 Å². The number of rotatable bonds is 2. The lowest BCUT2D eigenvalue weighted by Crippen LogP contribution is -2.58. The van der Waals surface area contributed by atoms with Gasteiger partial charge < -0.3 is 13.9 Å². The van der Waals surface area contributed by atoms with Crippen molar-refractivity contribution in [3.05, 3.63) is 23.8 Å². The largest absolute Gasteiger partial charge is 0.413 e. The Morgan fingerprint density at radius 1 is 1.03 bits per heavy atom. The summed E-state index contributed by atoms with van der Waals surface area (Å²) in [5, 5.41) is 0.245. The van der Waals surface area contributed by atoms with E-state index in [-0.39, 0.29) is 28.1 Å². The van der Waals surface area contributed by atoms with Gasteiger partial charge in [-0.3, -0.25) is 0 Å². The van der Waals surface area contributed by atoms with Crippen molar-refractivity contribution in [3.63, 3.8) is 0 Å². The van der Waals surface area contributed by atoms with Gasteiger partial charge in [0.1, 0.15) is 0 Å². The molecule has 0 bridgehead atoms. The van der Waals surface area contributed by atoms with Crippen LogP contribution in [-0.4, -0.2) is 32.4 Å². The molecular weight excluding hydrogens is 412 g/mol. The van der Waals surface area contributed by atoms with Crippen molar-refractivity contribution in [1.29, 1.82) is 0 Å². The molecule has 2 saturated carbocycles. The summed E-state index contributed by atoms with van der Waals surface area (Å²) in [5.41, 5.74) is 2.08. The fourth-order valence-electron chi connectivity index (χ4n) is 7.72. The summed E-state index contributed by atoms with van der Waals surface area (Å²) >= 11 is 0. The third-order valence-electron chi connectivity index (χ3n) is 10.6. The first-order valence-electron chi connectivity index (χ1n) is 13.1. The highest BCUT2D eigenvalue weighted by atomic mass is 28.4. The SMILES string of the molecule is CC1(C)OC2C(O1)C1C=CCC[C@]1(C)C1=CC[C@]3(C)C(O[Si](C)(C)C(C)(C)C)CCC3C12. The van der Waals surface area contributed by atoms with Crippen molar-refractivity contribution in [2.45, 2.75) is 123 Å². The van der Waals surface area contributed by atoms with Crippen molar-refractivity contribution in [2.75, 3.05) is 0 Å². The van der Waals surface area contributed by atoms with Crippen LogP contribution >= 0.6 is 0 Å². The Morgan fingerprint density at radius 2 is 1.72 bits per heavy atom. The van der Waals surface area contributed by atoms with Crippen molar-refractivity contribution in [1.82, 2.24) is 0 Å². The van der Waals surface area contributed by atoms with E-state index < -0.39 is 14.1 Å². The topological polar surface area (TPSA) is 27.7 Å². The summed E-state index contributed by atoms with van der Waals surface area (Å²) in [7, 11) is -1.81. The zero-order valence-electron chi connectivity index (χ0n) is 22.0. The molecule has 0 radical (unpaired) electrons. The van der Waals surface area contributed by atoms with E-state index in [2.05, 4.69) is 79.8 Å². The molecule has 0 aromatic rings. The van der Waals surface area contributed by atoms with Gasteiger partial charge in [0.15, 0.2) is 14.1 Å². The first-order chi connectivity index (χ1) is 14.7. The molecule has 5 aliphatic rings. The molecule has 32 heavy (non-hydrogen) atoms. The minimum absolute atomic E-state index is 0.160. The molecular formula is C28H46O3Si. The second-order valence-electron chi connectivity index (χ2n) is 13.9. The maximum absolute atomic E-state index is 7.13. The third kappa shape index (κ3) is 3.22. The molecule has 0 aromatic heterocycles. The van der Waals surface area contributed by atoms with E-state index in [1.54, 1.807) is 5.57 Å². The lowest BCUT2D eigenvalue weighted by molar-refractivity contribution is -0.153. The van der Waals surface area contributed by atoms with Crippen LogP contribution in [-0.2, 0) is 13.9 Å². The molecule has 6 unspecified atom stereocenters. The minimum atomic E-state index is -1.81. The van der Waals surface area contributed by atoms with Crippen molar-refractivity contribution in [2.24, 2.45) is 28.6 Å². The fraction of sp³-hybridized carbons (Fsp3) is 0.857. The maximum Gasteiger partial charge on any atom is 0.192 e. The van der Waals surface area contributed by atoms with Crippen LogP contribution in [0.25, 0.3) is 0 Å². The van der Waals surface area contributed by atoms with E-state index in [0.717, 1.165) is 6.42 Å². The van der Waals surface area contributed by atoms with Crippen molar-refractivity contribution in [3.8, 4) is 0 Å². The van der Waals surface area contributed by atoms with Gasteiger partial charge in [0.2, 0.25) is 0 Å². The predicted octanol–water partition coefficient (Wildman–Crippen LogP) is 7.25. The Bertz CT molecular complexity index is 836. The smallest absolute Gasteiger partial charge is 0.192 e. The molecule has 0 N–H and O–H groups in total. The van der Waals surface area contributed by atoms with Gasteiger partial charge in [-0.1, -0.05) is 58.4 Å². The molecule has 4 heteroatoms. The summed E-state index contributed by atoms with van der Waals surface area (Å²) in [4.78, 5) is 0. The normalized spacial score (nSPS) is 47.3. The quantitative estimate of drug-likeness (QED) is 0.322. The molecule has 0 amide bonds. The predicted molar refractivity (Wildman–Crippen MR) is 133 cm³/mol. The van der Waals surface area contributed by atoms with Gasteiger partial charge in [0.05, 0.1) is 18.3 Å². The van der Waals surface area contributed by atoms with E-state index >= 15 is 0 Å². The van der Waals surface area contributed by atoms with Crippen molar-refractivity contribution >= 4 is 8.32 Å². The molecule has 0 aromatic carbocycles. The van der Waals surface area contributed by atoms with Gasteiger partial charge >= 0.3 is 0 Å². The Morgan fingerprint density at radius 3 is 2.41 bits per heavy atom. The zero-order valence-corrected chi connectivity index (χ0v) is 23.0. The van der Waals surface area contributed by atoms with E-state index in [4.69, 9.17) is 13.9 Å². The molecule has 4 aliphatic carbocycles. The number of hydrogen-bond donors (Lipinski definition) is 0. The highest BCUT2D eigenvalue weighted by molar-refractivity contribution is 6.74. The molecule has 1 saturated heterocycles. The van der Waals surface area contributed by atoms with E-state index in [1.807, 2.05) is 0 Å². The van der Waals surface area contributed by atoms with Gasteiger partial charge in [-0.25, -0.2) is 0 Å². The van der Waals surface area contributed by atoms with Crippen LogP contribution in [0.4, 0.5) is 0 Å². The first kappa shape index (κ1) is 23.3. The Kier molecular flexibility index (Phi) is 5.14. The van der Waals surface area contributed by atoms with Gasteiger partial charge in [-0.15, -0.1) is 0 Å². The monoisotopic (exact) mass is 458 g/mol. The molecule has 180 valence electrons. The molecule has 0 spiro atoms. The van der Waals surface area contributed by atoms with Crippen LogP contribution in [0, 0.1) is 28.6 Å².